The molecular formula is C13H11Cl2N3OS. The maximum absolute atomic E-state index is 6.29. The SMILES string of the molecule is CCC(Nc1c(Cl)cc(Cl)c2nsnc12)c1ccco1. The summed E-state index contributed by atoms with van der Waals surface area (Å²) in [7, 11) is 0. The van der Waals surface area contributed by atoms with Gasteiger partial charge in [-0.05, 0) is 24.6 Å². The number of anilines is 1. The van der Waals surface area contributed by atoms with E-state index in [0.717, 1.165) is 29.6 Å². The Hall–Kier alpha value is -1.30. The molecule has 0 fully saturated rings. The number of halogens is 2. The molecule has 1 aromatic carbocycles. The van der Waals surface area contributed by atoms with Crippen molar-refractivity contribution < 1.29 is 4.42 Å². The fourth-order valence-electron chi connectivity index (χ4n) is 2.05. The third-order valence-corrected chi connectivity index (χ3v) is 4.17. The van der Waals surface area contributed by atoms with Crippen LogP contribution in [0.5, 0.6) is 0 Å². The zero-order valence-electron chi connectivity index (χ0n) is 10.6. The molecule has 0 aliphatic heterocycles. The summed E-state index contributed by atoms with van der Waals surface area (Å²) in [6, 6.07) is 5.50. The minimum Gasteiger partial charge on any atom is -0.467 e. The summed E-state index contributed by atoms with van der Waals surface area (Å²) in [5.41, 5.74) is 2.10. The normalized spacial score (nSPS) is 12.8. The zero-order chi connectivity index (χ0) is 14.1. The second-order valence-corrected chi connectivity index (χ2v) is 5.64. The van der Waals surface area contributed by atoms with Crippen molar-refractivity contribution in [3.63, 3.8) is 0 Å². The molecule has 1 atom stereocenters. The van der Waals surface area contributed by atoms with E-state index in [9.17, 15) is 0 Å². The summed E-state index contributed by atoms with van der Waals surface area (Å²) in [4.78, 5) is 0. The van der Waals surface area contributed by atoms with Crippen molar-refractivity contribution in [3.8, 4) is 0 Å². The molecule has 1 unspecified atom stereocenters. The lowest BCUT2D eigenvalue weighted by Gasteiger charge is -2.17. The summed E-state index contributed by atoms with van der Waals surface area (Å²) in [5.74, 6) is 0.856. The van der Waals surface area contributed by atoms with Crippen LogP contribution in [0.25, 0.3) is 11.0 Å². The van der Waals surface area contributed by atoms with Gasteiger partial charge in [-0.25, -0.2) is 0 Å². The van der Waals surface area contributed by atoms with Crippen LogP contribution in [0, 0.1) is 0 Å². The van der Waals surface area contributed by atoms with Crippen LogP contribution in [0.15, 0.2) is 28.9 Å². The molecule has 0 aliphatic rings. The number of rotatable bonds is 4. The van der Waals surface area contributed by atoms with Crippen molar-refractivity contribution >= 4 is 51.7 Å². The summed E-state index contributed by atoms with van der Waals surface area (Å²) in [5, 5.41) is 4.41. The Morgan fingerprint density at radius 2 is 2.10 bits per heavy atom. The van der Waals surface area contributed by atoms with Crippen molar-refractivity contribution in [1.82, 2.24) is 8.75 Å². The molecule has 104 valence electrons. The topological polar surface area (TPSA) is 51.0 Å². The van der Waals surface area contributed by atoms with Crippen LogP contribution in [0.2, 0.25) is 10.0 Å². The van der Waals surface area contributed by atoms with E-state index in [1.54, 1.807) is 12.3 Å². The van der Waals surface area contributed by atoms with Crippen molar-refractivity contribution in [2.75, 3.05) is 5.32 Å². The van der Waals surface area contributed by atoms with Crippen molar-refractivity contribution in [2.24, 2.45) is 0 Å². The van der Waals surface area contributed by atoms with Crippen molar-refractivity contribution in [2.45, 2.75) is 19.4 Å². The van der Waals surface area contributed by atoms with Crippen LogP contribution >= 0.6 is 34.9 Å². The number of nitrogens with zero attached hydrogens (tertiary/aromatic N) is 2. The van der Waals surface area contributed by atoms with Crippen molar-refractivity contribution in [3.05, 3.63) is 40.3 Å². The van der Waals surface area contributed by atoms with E-state index in [0.29, 0.717) is 21.1 Å². The maximum Gasteiger partial charge on any atom is 0.130 e. The molecule has 4 nitrogen and oxygen atoms in total. The molecular weight excluding hydrogens is 317 g/mol. The highest BCUT2D eigenvalue weighted by Gasteiger charge is 2.18. The third-order valence-electron chi connectivity index (χ3n) is 3.06. The predicted octanol–water partition coefficient (Wildman–Crippen LogP) is 5.15. The average molecular weight is 328 g/mol. The Morgan fingerprint density at radius 1 is 1.30 bits per heavy atom. The largest absolute Gasteiger partial charge is 0.467 e. The van der Waals surface area contributed by atoms with E-state index in [1.165, 1.54) is 0 Å². The number of aromatic nitrogens is 2. The molecule has 3 rings (SSSR count). The molecule has 0 spiro atoms. The number of nitrogens with one attached hydrogen (secondary N) is 1. The van der Waals surface area contributed by atoms with Gasteiger partial charge in [-0.3, -0.25) is 0 Å². The van der Waals surface area contributed by atoms with E-state index in [1.807, 2.05) is 12.1 Å². The van der Waals surface area contributed by atoms with E-state index in [-0.39, 0.29) is 6.04 Å². The van der Waals surface area contributed by atoms with Gasteiger partial charge in [-0.15, -0.1) is 0 Å². The molecule has 2 heterocycles. The van der Waals surface area contributed by atoms with Crippen LogP contribution in [-0.4, -0.2) is 8.75 Å². The first kappa shape index (κ1) is 13.7. The quantitative estimate of drug-likeness (QED) is 0.719. The third kappa shape index (κ3) is 2.37. The monoisotopic (exact) mass is 327 g/mol. The van der Waals surface area contributed by atoms with Gasteiger partial charge in [0.2, 0.25) is 0 Å². The van der Waals surface area contributed by atoms with Crippen LogP contribution in [0.3, 0.4) is 0 Å². The zero-order valence-corrected chi connectivity index (χ0v) is 12.9. The molecule has 0 bridgehead atoms. The van der Waals surface area contributed by atoms with E-state index >= 15 is 0 Å². The fourth-order valence-corrected chi connectivity index (χ4v) is 3.22. The first-order chi connectivity index (χ1) is 9.70. The molecule has 20 heavy (non-hydrogen) atoms. The van der Waals surface area contributed by atoms with Crippen molar-refractivity contribution in [1.29, 1.82) is 0 Å². The van der Waals surface area contributed by atoms with Gasteiger partial charge in [-0.2, -0.15) is 8.75 Å². The fraction of sp³-hybridized carbons (Fsp3) is 0.231. The predicted molar refractivity (Wildman–Crippen MR) is 82.8 cm³/mol. The Bertz CT molecular complexity index is 727. The molecule has 0 aliphatic carbocycles. The standard InChI is InChI=1S/C13H11Cl2N3OS/c1-2-9(10-4-3-5-19-10)16-11-7(14)6-8(15)12-13(11)18-20-17-12/h3-6,9,16H,2H2,1H3. The van der Waals surface area contributed by atoms with E-state index in [2.05, 4.69) is 21.0 Å². The molecule has 2 aromatic heterocycles. The highest BCUT2D eigenvalue weighted by Crippen LogP contribution is 2.37. The second kappa shape index (κ2) is 5.60. The average Bonchev–Trinajstić information content (AvgIpc) is 3.09. The molecule has 1 N–H and O–H groups in total. The van der Waals surface area contributed by atoms with Crippen LogP contribution < -0.4 is 5.32 Å². The van der Waals surface area contributed by atoms with Gasteiger partial charge in [0.05, 0.1) is 39.8 Å². The Balaban J connectivity index is 2.04. The molecule has 0 saturated carbocycles. The number of hydrogen-bond acceptors (Lipinski definition) is 5. The van der Waals surface area contributed by atoms with Gasteiger partial charge in [0.1, 0.15) is 16.8 Å². The second-order valence-electron chi connectivity index (χ2n) is 4.30. The van der Waals surface area contributed by atoms with E-state index < -0.39 is 0 Å². The molecule has 3 aromatic rings. The molecule has 0 radical (unpaired) electrons. The summed E-state index contributed by atoms with van der Waals surface area (Å²) >= 11 is 13.5. The Labute approximate surface area is 130 Å². The first-order valence-electron chi connectivity index (χ1n) is 6.11. The summed E-state index contributed by atoms with van der Waals surface area (Å²) < 4.78 is 13.9. The maximum atomic E-state index is 6.29. The number of furan rings is 1. The van der Waals surface area contributed by atoms with Gasteiger partial charge in [0, 0.05) is 0 Å². The first-order valence-corrected chi connectivity index (χ1v) is 7.59. The smallest absolute Gasteiger partial charge is 0.130 e. The lowest BCUT2D eigenvalue weighted by atomic mass is 10.1. The summed E-state index contributed by atoms with van der Waals surface area (Å²) in [6.07, 6.45) is 2.51. The van der Waals surface area contributed by atoms with Crippen LogP contribution in [-0.2, 0) is 0 Å². The van der Waals surface area contributed by atoms with Gasteiger partial charge in [0.15, 0.2) is 0 Å². The Kier molecular flexibility index (Phi) is 3.83. The molecule has 7 heteroatoms. The van der Waals surface area contributed by atoms with Crippen LogP contribution in [0.1, 0.15) is 25.1 Å². The van der Waals surface area contributed by atoms with Gasteiger partial charge >= 0.3 is 0 Å². The van der Waals surface area contributed by atoms with Gasteiger partial charge in [-0.1, -0.05) is 30.1 Å². The lowest BCUT2D eigenvalue weighted by Crippen LogP contribution is -2.09. The number of fused-ring (bicyclic) bond motifs is 1. The highest BCUT2D eigenvalue weighted by atomic mass is 35.5. The van der Waals surface area contributed by atoms with E-state index in [4.69, 9.17) is 27.6 Å². The molecule has 0 amide bonds. The summed E-state index contributed by atoms with van der Waals surface area (Å²) in [6.45, 7) is 2.07. The number of hydrogen-bond donors (Lipinski definition) is 1. The molecule has 0 saturated heterocycles. The minimum atomic E-state index is 0.0218. The van der Waals surface area contributed by atoms with Crippen LogP contribution in [0.4, 0.5) is 5.69 Å². The Morgan fingerprint density at radius 3 is 2.80 bits per heavy atom. The highest BCUT2D eigenvalue weighted by molar-refractivity contribution is 7.00. The number of benzene rings is 1. The minimum absolute atomic E-state index is 0.0218. The van der Waals surface area contributed by atoms with Gasteiger partial charge in [0.25, 0.3) is 0 Å². The lowest BCUT2D eigenvalue weighted by molar-refractivity contribution is 0.474. The van der Waals surface area contributed by atoms with Gasteiger partial charge < -0.3 is 9.73 Å².